The summed E-state index contributed by atoms with van der Waals surface area (Å²) in [7, 11) is 3.69. The Bertz CT molecular complexity index is 567. The minimum absolute atomic E-state index is 0.147. The van der Waals surface area contributed by atoms with E-state index in [1.165, 1.54) is 5.56 Å². The van der Waals surface area contributed by atoms with Crippen LogP contribution in [0.3, 0.4) is 0 Å². The number of nitrogens with one attached hydrogen (secondary N) is 2. The number of rotatable bonds is 9. The molecule has 0 aliphatic heterocycles. The van der Waals surface area contributed by atoms with Gasteiger partial charge < -0.3 is 20.3 Å². The van der Waals surface area contributed by atoms with E-state index in [0.29, 0.717) is 19.0 Å². The Balaban J connectivity index is 1.80. The molecule has 0 heterocycles. The molecule has 1 aromatic carbocycles. The number of benzene rings is 1. The molecule has 0 aromatic heterocycles. The summed E-state index contributed by atoms with van der Waals surface area (Å²) in [4.78, 5) is 18.4. The minimum atomic E-state index is 0.147. The fourth-order valence-electron chi connectivity index (χ4n) is 2.50. The lowest BCUT2D eigenvalue weighted by Crippen LogP contribution is -2.38. The largest absolute Gasteiger partial charge is 0.497 e. The molecule has 6 nitrogen and oxygen atoms in total. The third kappa shape index (κ3) is 7.03. The number of guanidine groups is 1. The van der Waals surface area contributed by atoms with Gasteiger partial charge in [-0.15, -0.1) is 0 Å². The molecular weight excluding hydrogens is 316 g/mol. The number of nitrogens with zero attached hydrogens (tertiary/aromatic N) is 2. The van der Waals surface area contributed by atoms with E-state index in [0.717, 1.165) is 44.1 Å². The van der Waals surface area contributed by atoms with Crippen molar-refractivity contribution in [3.05, 3.63) is 29.8 Å². The van der Waals surface area contributed by atoms with Crippen molar-refractivity contribution in [2.24, 2.45) is 4.99 Å². The van der Waals surface area contributed by atoms with Gasteiger partial charge in [0, 0.05) is 39.1 Å². The molecule has 1 aromatic rings. The highest BCUT2D eigenvalue weighted by Crippen LogP contribution is 2.18. The summed E-state index contributed by atoms with van der Waals surface area (Å²) < 4.78 is 5.19. The van der Waals surface area contributed by atoms with Crippen molar-refractivity contribution in [2.45, 2.75) is 45.2 Å². The molecule has 1 amide bonds. The van der Waals surface area contributed by atoms with Crippen LogP contribution in [-0.2, 0) is 11.3 Å². The van der Waals surface area contributed by atoms with E-state index in [2.05, 4.69) is 39.6 Å². The van der Waals surface area contributed by atoms with E-state index in [1.54, 1.807) is 7.11 Å². The number of hydrogen-bond donors (Lipinski definition) is 2. The van der Waals surface area contributed by atoms with Crippen molar-refractivity contribution in [1.29, 1.82) is 0 Å². The standard InChI is InChI=1S/C19H30N4O2/c1-4-20-19(21-13-5-6-18(24)22-16-9-10-16)23(2)14-15-7-11-17(25-3)12-8-15/h7-8,11-12,16H,4-6,9-10,13-14H2,1-3H3,(H,20,21)(H,22,24). The second kappa shape index (κ2) is 9.91. The van der Waals surface area contributed by atoms with Gasteiger partial charge in [-0.2, -0.15) is 0 Å². The molecule has 6 heteroatoms. The van der Waals surface area contributed by atoms with Crippen LogP contribution in [0.5, 0.6) is 5.75 Å². The van der Waals surface area contributed by atoms with Gasteiger partial charge in [-0.3, -0.25) is 9.79 Å². The molecule has 1 fully saturated rings. The smallest absolute Gasteiger partial charge is 0.220 e. The van der Waals surface area contributed by atoms with Crippen LogP contribution in [0, 0.1) is 0 Å². The van der Waals surface area contributed by atoms with Crippen LogP contribution in [0.15, 0.2) is 29.3 Å². The van der Waals surface area contributed by atoms with Crippen molar-refractivity contribution in [1.82, 2.24) is 15.5 Å². The van der Waals surface area contributed by atoms with E-state index in [-0.39, 0.29) is 5.91 Å². The third-order valence-electron chi connectivity index (χ3n) is 4.04. The van der Waals surface area contributed by atoms with Crippen LogP contribution in [0.25, 0.3) is 0 Å². The number of carbonyl (C=O) groups excluding carboxylic acids is 1. The Morgan fingerprint density at radius 3 is 2.64 bits per heavy atom. The van der Waals surface area contributed by atoms with Crippen LogP contribution in [0.1, 0.15) is 38.2 Å². The number of methoxy groups -OCH3 is 1. The predicted octanol–water partition coefficient (Wildman–Crippen LogP) is 2.15. The molecule has 0 unspecified atom stereocenters. The molecule has 2 rings (SSSR count). The summed E-state index contributed by atoms with van der Waals surface area (Å²) in [5, 5.41) is 6.31. The lowest BCUT2D eigenvalue weighted by molar-refractivity contribution is -0.121. The Labute approximate surface area is 150 Å². The first-order chi connectivity index (χ1) is 12.1. The summed E-state index contributed by atoms with van der Waals surface area (Å²) in [6.07, 6.45) is 3.57. The molecule has 0 saturated heterocycles. The van der Waals surface area contributed by atoms with Crippen LogP contribution >= 0.6 is 0 Å². The van der Waals surface area contributed by atoms with Crippen LogP contribution in [0.4, 0.5) is 0 Å². The lowest BCUT2D eigenvalue weighted by atomic mass is 10.2. The molecule has 0 radical (unpaired) electrons. The van der Waals surface area contributed by atoms with Gasteiger partial charge >= 0.3 is 0 Å². The highest BCUT2D eigenvalue weighted by molar-refractivity contribution is 5.80. The predicted molar refractivity (Wildman–Crippen MR) is 101 cm³/mol. The molecular formula is C19H30N4O2. The first kappa shape index (κ1) is 19.1. The maximum Gasteiger partial charge on any atom is 0.220 e. The van der Waals surface area contributed by atoms with E-state index < -0.39 is 0 Å². The number of hydrogen-bond acceptors (Lipinski definition) is 3. The molecule has 0 atom stereocenters. The Kier molecular flexibility index (Phi) is 7.57. The molecule has 138 valence electrons. The third-order valence-corrected chi connectivity index (χ3v) is 4.04. The first-order valence-corrected chi connectivity index (χ1v) is 9.04. The molecule has 1 saturated carbocycles. The van der Waals surface area contributed by atoms with Crippen molar-refractivity contribution in [3.63, 3.8) is 0 Å². The summed E-state index contributed by atoms with van der Waals surface area (Å²) in [5.41, 5.74) is 1.19. The van der Waals surface area contributed by atoms with Gasteiger partial charge in [0.25, 0.3) is 0 Å². The maximum atomic E-state index is 11.7. The first-order valence-electron chi connectivity index (χ1n) is 9.04. The molecule has 1 aliphatic rings. The minimum Gasteiger partial charge on any atom is -0.497 e. The summed E-state index contributed by atoms with van der Waals surface area (Å²) >= 11 is 0. The number of ether oxygens (including phenoxy) is 1. The van der Waals surface area contributed by atoms with E-state index in [1.807, 2.05) is 19.2 Å². The van der Waals surface area contributed by atoms with Gasteiger partial charge in [-0.05, 0) is 43.9 Å². The normalized spacial score (nSPS) is 14.1. The average molecular weight is 346 g/mol. The monoisotopic (exact) mass is 346 g/mol. The molecule has 0 bridgehead atoms. The van der Waals surface area contributed by atoms with E-state index in [9.17, 15) is 4.79 Å². The van der Waals surface area contributed by atoms with Gasteiger partial charge in [0.05, 0.1) is 7.11 Å². The van der Waals surface area contributed by atoms with Crippen LogP contribution in [0.2, 0.25) is 0 Å². The Hall–Kier alpha value is -2.24. The van der Waals surface area contributed by atoms with Crippen LogP contribution < -0.4 is 15.4 Å². The SMILES string of the molecule is CCNC(=NCCCC(=O)NC1CC1)N(C)Cc1ccc(OC)cc1. The van der Waals surface area contributed by atoms with Crippen LogP contribution in [-0.4, -0.2) is 50.1 Å². The van der Waals surface area contributed by atoms with Gasteiger partial charge in [0.1, 0.15) is 5.75 Å². The maximum absolute atomic E-state index is 11.7. The number of aliphatic imine (C=N–C) groups is 1. The van der Waals surface area contributed by atoms with E-state index in [4.69, 9.17) is 4.74 Å². The van der Waals surface area contributed by atoms with Gasteiger partial charge in [-0.25, -0.2) is 0 Å². The fraction of sp³-hybridized carbons (Fsp3) is 0.579. The van der Waals surface area contributed by atoms with Crippen molar-refractivity contribution < 1.29 is 9.53 Å². The topological polar surface area (TPSA) is 66.0 Å². The number of amides is 1. The second-order valence-electron chi connectivity index (χ2n) is 6.39. The van der Waals surface area contributed by atoms with E-state index >= 15 is 0 Å². The molecule has 0 spiro atoms. The Morgan fingerprint density at radius 2 is 2.04 bits per heavy atom. The van der Waals surface area contributed by atoms with Gasteiger partial charge in [0.15, 0.2) is 5.96 Å². The van der Waals surface area contributed by atoms with Crippen molar-refractivity contribution in [2.75, 3.05) is 27.2 Å². The highest BCUT2D eigenvalue weighted by atomic mass is 16.5. The van der Waals surface area contributed by atoms with Gasteiger partial charge in [-0.1, -0.05) is 12.1 Å². The van der Waals surface area contributed by atoms with Crippen molar-refractivity contribution in [3.8, 4) is 5.75 Å². The molecule has 25 heavy (non-hydrogen) atoms. The highest BCUT2D eigenvalue weighted by Gasteiger charge is 2.22. The van der Waals surface area contributed by atoms with Gasteiger partial charge in [0.2, 0.25) is 5.91 Å². The summed E-state index contributed by atoms with van der Waals surface area (Å²) in [5.74, 6) is 1.87. The Morgan fingerprint density at radius 1 is 1.32 bits per heavy atom. The van der Waals surface area contributed by atoms with Crippen molar-refractivity contribution >= 4 is 11.9 Å². The zero-order valence-electron chi connectivity index (χ0n) is 15.5. The molecule has 2 N–H and O–H groups in total. The molecule has 1 aliphatic carbocycles. The zero-order valence-corrected chi connectivity index (χ0v) is 15.5. The average Bonchev–Trinajstić information content (AvgIpc) is 3.42. The summed E-state index contributed by atoms with van der Waals surface area (Å²) in [6.45, 7) is 4.28. The lowest BCUT2D eigenvalue weighted by Gasteiger charge is -2.22. The second-order valence-corrected chi connectivity index (χ2v) is 6.39. The quantitative estimate of drug-likeness (QED) is 0.408. The fourth-order valence-corrected chi connectivity index (χ4v) is 2.50. The summed E-state index contributed by atoms with van der Waals surface area (Å²) in [6, 6.07) is 8.48. The number of carbonyl (C=O) groups is 1. The zero-order chi connectivity index (χ0) is 18.1.